The van der Waals surface area contributed by atoms with Gasteiger partial charge in [0, 0.05) is 17.8 Å². The summed E-state index contributed by atoms with van der Waals surface area (Å²) in [6, 6.07) is 0. The smallest absolute Gasteiger partial charge is 0.251 e. The van der Waals surface area contributed by atoms with Gasteiger partial charge < -0.3 is 11.5 Å². The number of nitrogens with zero attached hydrogens (tertiary/aromatic N) is 1. The molecule has 2 rings (SSSR count). The van der Waals surface area contributed by atoms with E-state index < -0.39 is 5.91 Å². The standard InChI is InChI=1S/C18H25N3O/c1-9(2)21-12(5)10(3)14-8-15(19)17(18(20)22)16(14)11(4)13-6-7-13/h13H,5-8,19H2,1-4H3,(H2,20,22)/b14-10-,16-11-. The number of nitrogens with two attached hydrogens (primary N) is 2. The molecular weight excluding hydrogens is 274 g/mol. The molecule has 1 amide bonds. The topological polar surface area (TPSA) is 81.5 Å². The van der Waals surface area contributed by atoms with Gasteiger partial charge in [-0.05, 0) is 63.2 Å². The molecule has 2 aliphatic carbocycles. The largest absolute Gasteiger partial charge is 0.401 e. The molecule has 0 aromatic heterocycles. The van der Waals surface area contributed by atoms with Crippen molar-refractivity contribution in [1.29, 1.82) is 0 Å². The monoisotopic (exact) mass is 299 g/mol. The molecule has 22 heavy (non-hydrogen) atoms. The molecule has 0 spiro atoms. The molecule has 4 N–H and O–H groups in total. The van der Waals surface area contributed by atoms with Crippen LogP contribution in [0, 0.1) is 5.92 Å². The molecule has 2 aliphatic rings. The summed E-state index contributed by atoms with van der Waals surface area (Å²) in [5, 5.41) is 0. The fourth-order valence-corrected chi connectivity index (χ4v) is 2.96. The maximum absolute atomic E-state index is 11.9. The van der Waals surface area contributed by atoms with Crippen LogP contribution in [0.15, 0.2) is 50.8 Å². The Morgan fingerprint density at radius 2 is 1.82 bits per heavy atom. The van der Waals surface area contributed by atoms with Gasteiger partial charge in [-0.25, -0.2) is 0 Å². The molecule has 0 radical (unpaired) electrons. The fourth-order valence-electron chi connectivity index (χ4n) is 2.96. The van der Waals surface area contributed by atoms with Crippen molar-refractivity contribution in [1.82, 2.24) is 0 Å². The van der Waals surface area contributed by atoms with Crippen LogP contribution >= 0.6 is 0 Å². The summed E-state index contributed by atoms with van der Waals surface area (Å²) in [5.41, 5.74) is 18.6. The van der Waals surface area contributed by atoms with Crippen molar-refractivity contribution in [3.8, 4) is 0 Å². The summed E-state index contributed by atoms with van der Waals surface area (Å²) in [5.74, 6) is 0.0961. The molecular formula is C18H25N3O. The second-order valence-corrected chi connectivity index (χ2v) is 6.38. The minimum atomic E-state index is -0.448. The van der Waals surface area contributed by atoms with Crippen LogP contribution in [0.5, 0.6) is 0 Å². The Labute approximate surface area is 132 Å². The number of carbonyl (C=O) groups excluding carboxylic acids is 1. The van der Waals surface area contributed by atoms with Crippen molar-refractivity contribution in [2.45, 2.75) is 47.0 Å². The summed E-state index contributed by atoms with van der Waals surface area (Å²) in [6.45, 7) is 12.0. The minimum Gasteiger partial charge on any atom is -0.401 e. The van der Waals surface area contributed by atoms with Crippen molar-refractivity contribution >= 4 is 11.6 Å². The van der Waals surface area contributed by atoms with Crippen LogP contribution in [0.2, 0.25) is 0 Å². The van der Waals surface area contributed by atoms with Crippen LogP contribution in [0.1, 0.15) is 47.0 Å². The third-order valence-corrected chi connectivity index (χ3v) is 4.31. The highest BCUT2D eigenvalue weighted by molar-refractivity contribution is 6.00. The highest BCUT2D eigenvalue weighted by Crippen LogP contribution is 2.46. The van der Waals surface area contributed by atoms with Crippen LogP contribution in [-0.2, 0) is 4.79 Å². The summed E-state index contributed by atoms with van der Waals surface area (Å²) in [6.07, 6.45) is 2.88. The Balaban J connectivity index is 2.58. The zero-order valence-corrected chi connectivity index (χ0v) is 13.9. The van der Waals surface area contributed by atoms with Gasteiger partial charge in [0.2, 0.25) is 0 Å². The molecule has 1 saturated carbocycles. The average Bonchev–Trinajstić information content (AvgIpc) is 3.19. The first-order valence-electron chi connectivity index (χ1n) is 7.64. The molecule has 118 valence electrons. The summed E-state index contributed by atoms with van der Waals surface area (Å²) in [7, 11) is 0. The second kappa shape index (κ2) is 5.95. The Hall–Kier alpha value is -2.10. The maximum Gasteiger partial charge on any atom is 0.251 e. The van der Waals surface area contributed by atoms with E-state index in [4.69, 9.17) is 11.5 Å². The first-order valence-corrected chi connectivity index (χ1v) is 7.64. The first-order chi connectivity index (χ1) is 10.2. The van der Waals surface area contributed by atoms with Gasteiger partial charge in [0.1, 0.15) is 0 Å². The molecule has 1 fully saturated rings. The fraction of sp³-hybridized carbons (Fsp3) is 0.444. The van der Waals surface area contributed by atoms with E-state index in [1.165, 1.54) is 18.4 Å². The van der Waals surface area contributed by atoms with Gasteiger partial charge >= 0.3 is 0 Å². The molecule has 0 unspecified atom stereocenters. The van der Waals surface area contributed by atoms with Crippen LogP contribution in [0.4, 0.5) is 0 Å². The van der Waals surface area contributed by atoms with Crippen molar-refractivity contribution in [3.05, 3.63) is 45.8 Å². The highest BCUT2D eigenvalue weighted by atomic mass is 16.1. The molecule has 0 heterocycles. The highest BCUT2D eigenvalue weighted by Gasteiger charge is 2.34. The van der Waals surface area contributed by atoms with E-state index in [1.54, 1.807) is 0 Å². The molecule has 0 aromatic carbocycles. The van der Waals surface area contributed by atoms with Crippen LogP contribution in [0.25, 0.3) is 0 Å². The Bertz CT molecular complexity index is 666. The van der Waals surface area contributed by atoms with E-state index in [0.717, 1.165) is 28.1 Å². The molecule has 4 heteroatoms. The quantitative estimate of drug-likeness (QED) is 0.782. The van der Waals surface area contributed by atoms with Gasteiger partial charge in [-0.1, -0.05) is 12.2 Å². The molecule has 0 saturated heterocycles. The summed E-state index contributed by atoms with van der Waals surface area (Å²) < 4.78 is 0. The lowest BCUT2D eigenvalue weighted by Gasteiger charge is -2.14. The van der Waals surface area contributed by atoms with E-state index >= 15 is 0 Å². The predicted molar refractivity (Wildman–Crippen MR) is 91.1 cm³/mol. The number of hydrogen-bond acceptors (Lipinski definition) is 3. The number of rotatable bonds is 4. The van der Waals surface area contributed by atoms with Crippen LogP contribution in [-0.4, -0.2) is 11.6 Å². The number of allylic oxidation sites excluding steroid dienone is 3. The number of primary amides is 1. The minimum absolute atomic E-state index is 0.448. The maximum atomic E-state index is 11.9. The van der Waals surface area contributed by atoms with Crippen molar-refractivity contribution in [2.75, 3.05) is 0 Å². The second-order valence-electron chi connectivity index (χ2n) is 6.38. The Morgan fingerprint density at radius 3 is 2.27 bits per heavy atom. The zero-order chi connectivity index (χ0) is 16.6. The predicted octanol–water partition coefficient (Wildman–Crippen LogP) is 3.13. The SMILES string of the molecule is C=C(N=C(C)C)/C(C)=C1/CC(N)=C(C(N)=O)/C1=C(/C)C1CC1. The number of amides is 1. The molecule has 0 bridgehead atoms. The number of aliphatic imine (C=N–C) groups is 1. The van der Waals surface area contributed by atoms with E-state index in [2.05, 4.69) is 18.5 Å². The van der Waals surface area contributed by atoms with Gasteiger partial charge in [-0.15, -0.1) is 0 Å². The lowest BCUT2D eigenvalue weighted by molar-refractivity contribution is -0.114. The lowest BCUT2D eigenvalue weighted by Crippen LogP contribution is -2.17. The van der Waals surface area contributed by atoms with Gasteiger partial charge in [0.25, 0.3) is 5.91 Å². The van der Waals surface area contributed by atoms with Crippen molar-refractivity contribution < 1.29 is 4.79 Å². The normalized spacial score (nSPS) is 22.5. The zero-order valence-electron chi connectivity index (χ0n) is 13.9. The third-order valence-electron chi connectivity index (χ3n) is 4.31. The molecule has 0 aliphatic heterocycles. The Kier molecular flexibility index (Phi) is 4.40. The van der Waals surface area contributed by atoms with Crippen LogP contribution < -0.4 is 11.5 Å². The lowest BCUT2D eigenvalue weighted by atomic mass is 9.92. The van der Waals surface area contributed by atoms with Gasteiger partial charge in [0.05, 0.1) is 11.3 Å². The van der Waals surface area contributed by atoms with E-state index in [0.29, 0.717) is 23.6 Å². The van der Waals surface area contributed by atoms with E-state index in [-0.39, 0.29) is 0 Å². The van der Waals surface area contributed by atoms with Gasteiger partial charge in [-0.3, -0.25) is 9.79 Å². The van der Waals surface area contributed by atoms with Gasteiger partial charge in [0.15, 0.2) is 0 Å². The number of hydrogen-bond donors (Lipinski definition) is 2. The van der Waals surface area contributed by atoms with Gasteiger partial charge in [-0.2, -0.15) is 0 Å². The van der Waals surface area contributed by atoms with E-state index in [1.807, 2.05) is 20.8 Å². The average molecular weight is 299 g/mol. The first kappa shape index (κ1) is 16.3. The third kappa shape index (κ3) is 3.06. The molecule has 0 aromatic rings. The Morgan fingerprint density at radius 1 is 1.23 bits per heavy atom. The molecule has 0 atom stereocenters. The van der Waals surface area contributed by atoms with Crippen molar-refractivity contribution in [3.63, 3.8) is 0 Å². The summed E-state index contributed by atoms with van der Waals surface area (Å²) >= 11 is 0. The van der Waals surface area contributed by atoms with Crippen molar-refractivity contribution in [2.24, 2.45) is 22.4 Å². The van der Waals surface area contributed by atoms with E-state index in [9.17, 15) is 4.79 Å². The van der Waals surface area contributed by atoms with Crippen LogP contribution in [0.3, 0.4) is 0 Å². The number of carbonyl (C=O) groups is 1. The molecule has 4 nitrogen and oxygen atoms in total. The summed E-state index contributed by atoms with van der Waals surface area (Å²) in [4.78, 5) is 16.3.